The highest BCUT2D eigenvalue weighted by molar-refractivity contribution is 7.92. The summed E-state index contributed by atoms with van der Waals surface area (Å²) in [5.74, 6) is 0.554. The number of carbonyl (C=O) groups is 2. The summed E-state index contributed by atoms with van der Waals surface area (Å²) in [6.45, 7) is 10.1. The predicted octanol–water partition coefficient (Wildman–Crippen LogP) is 4.63. The molecule has 0 bridgehead atoms. The summed E-state index contributed by atoms with van der Waals surface area (Å²) in [5, 5.41) is 5.18. The Hall–Kier alpha value is -3.58. The van der Waals surface area contributed by atoms with E-state index in [0.717, 1.165) is 49.1 Å². The molecular weight excluding hydrogens is 606 g/mol. The number of rotatable bonds is 5. The summed E-state index contributed by atoms with van der Waals surface area (Å²) in [4.78, 5) is 37.2. The Kier molecular flexibility index (Phi) is 7.47. The number of amides is 2. The number of carbonyl (C=O) groups excluding carboxylic acids is 2. The van der Waals surface area contributed by atoms with Gasteiger partial charge in [-0.05, 0) is 71.6 Å². The van der Waals surface area contributed by atoms with Crippen molar-refractivity contribution in [3.8, 4) is 0 Å². The third kappa shape index (κ3) is 5.79. The highest BCUT2D eigenvalue weighted by atomic mass is 35.5. The third-order valence-corrected chi connectivity index (χ3v) is 9.31. The molecule has 12 nitrogen and oxygen atoms in total. The van der Waals surface area contributed by atoms with Crippen LogP contribution in [0.1, 0.15) is 74.1 Å². The Morgan fingerprint density at radius 2 is 1.89 bits per heavy atom. The van der Waals surface area contributed by atoms with Gasteiger partial charge in [0.2, 0.25) is 10.0 Å². The number of aryl methyl sites for hydroxylation is 1. The van der Waals surface area contributed by atoms with Crippen molar-refractivity contribution >= 4 is 50.8 Å². The second-order valence-corrected chi connectivity index (χ2v) is 15.3. The molecule has 1 aromatic carbocycles. The highest BCUT2D eigenvalue weighted by Gasteiger charge is 2.56. The number of benzene rings is 1. The van der Waals surface area contributed by atoms with Crippen molar-refractivity contribution < 1.29 is 22.7 Å². The van der Waals surface area contributed by atoms with Gasteiger partial charge in [-0.15, -0.1) is 0 Å². The number of hydrogen-bond acceptors (Lipinski definition) is 8. The number of fused-ring (bicyclic) bond motifs is 1. The number of nitrogens with one attached hydrogen (secondary N) is 1. The fourth-order valence-corrected chi connectivity index (χ4v) is 7.14. The van der Waals surface area contributed by atoms with Crippen LogP contribution in [0, 0.1) is 6.92 Å². The van der Waals surface area contributed by atoms with Crippen molar-refractivity contribution in [2.75, 3.05) is 42.1 Å². The van der Waals surface area contributed by atoms with Crippen molar-refractivity contribution in [1.29, 1.82) is 0 Å². The minimum Gasteiger partial charge on any atom is -0.444 e. The Bertz CT molecular complexity index is 1750. The van der Waals surface area contributed by atoms with Crippen LogP contribution in [0.3, 0.4) is 0 Å². The van der Waals surface area contributed by atoms with Gasteiger partial charge in [0, 0.05) is 49.0 Å². The summed E-state index contributed by atoms with van der Waals surface area (Å²) in [5.41, 5.74) is 2.06. The van der Waals surface area contributed by atoms with Crippen molar-refractivity contribution in [3.63, 3.8) is 0 Å². The molecule has 1 spiro atoms. The molecule has 2 aromatic heterocycles. The summed E-state index contributed by atoms with van der Waals surface area (Å²) in [6, 6.07) is 6.17. The monoisotopic (exact) mass is 643 g/mol. The molecule has 2 amide bonds. The molecule has 3 aromatic rings. The van der Waals surface area contributed by atoms with E-state index in [0.29, 0.717) is 36.7 Å². The van der Waals surface area contributed by atoms with E-state index in [1.807, 2.05) is 40.0 Å². The largest absolute Gasteiger partial charge is 0.444 e. The second kappa shape index (κ2) is 10.8. The van der Waals surface area contributed by atoms with E-state index in [1.54, 1.807) is 20.4 Å². The smallest absolute Gasteiger partial charge is 0.410 e. The maximum atomic E-state index is 13.9. The first-order valence-corrected chi connectivity index (χ1v) is 17.1. The predicted molar refractivity (Wildman–Crippen MR) is 168 cm³/mol. The number of piperidine rings is 1. The standard InChI is InChI=1S/C30H38ClN7O5S/c1-19-16-38-25(32-26(19)37-13-11-30(37)17-35(18-30)28(40)43-29(2,3)4)15-23(33-38)24-8-6-7-12-36(24)27(39)21-14-20(31)9-10-22(21)34-44(5,41)42/h9-10,14-16,24,34H,6-8,11-13,17-18H2,1-5H3. The number of likely N-dealkylation sites (tertiary alicyclic amines) is 2. The maximum Gasteiger partial charge on any atom is 0.410 e. The third-order valence-electron chi connectivity index (χ3n) is 8.49. The van der Waals surface area contributed by atoms with Crippen LogP contribution in [0.5, 0.6) is 0 Å². The molecule has 0 radical (unpaired) electrons. The molecule has 3 fully saturated rings. The van der Waals surface area contributed by atoms with Gasteiger partial charge in [0.25, 0.3) is 5.91 Å². The average molecular weight is 644 g/mol. The van der Waals surface area contributed by atoms with E-state index in [2.05, 4.69) is 9.62 Å². The van der Waals surface area contributed by atoms with Gasteiger partial charge in [0.05, 0.1) is 34.8 Å². The molecule has 44 heavy (non-hydrogen) atoms. The molecule has 3 saturated heterocycles. The van der Waals surface area contributed by atoms with E-state index in [-0.39, 0.29) is 34.8 Å². The number of aromatic nitrogens is 3. The lowest BCUT2D eigenvalue weighted by Gasteiger charge is -2.62. The van der Waals surface area contributed by atoms with Crippen LogP contribution in [-0.2, 0) is 14.8 Å². The van der Waals surface area contributed by atoms with Gasteiger partial charge < -0.3 is 19.4 Å². The lowest BCUT2D eigenvalue weighted by Crippen LogP contribution is -2.78. The molecule has 0 aliphatic carbocycles. The molecule has 1 unspecified atom stereocenters. The molecule has 6 rings (SSSR count). The van der Waals surface area contributed by atoms with Crippen LogP contribution in [0.2, 0.25) is 5.02 Å². The number of sulfonamides is 1. The van der Waals surface area contributed by atoms with E-state index in [4.69, 9.17) is 26.4 Å². The van der Waals surface area contributed by atoms with Gasteiger partial charge in [-0.3, -0.25) is 9.52 Å². The zero-order chi connectivity index (χ0) is 31.6. The number of ether oxygens (including phenoxy) is 1. The molecule has 236 valence electrons. The first-order chi connectivity index (χ1) is 20.6. The summed E-state index contributed by atoms with van der Waals surface area (Å²) in [7, 11) is -3.61. The lowest BCUT2D eigenvalue weighted by molar-refractivity contribution is -0.0223. The zero-order valence-electron chi connectivity index (χ0n) is 25.6. The molecule has 3 aliphatic rings. The molecule has 1 N–H and O–H groups in total. The minimum atomic E-state index is -3.61. The SMILES string of the molecule is Cc1cn2nc(C3CCCCN3C(=O)c3cc(Cl)ccc3NS(C)(=O)=O)cc2nc1N1CCC12CN(C(=O)OC(C)(C)C)C2. The first kappa shape index (κ1) is 30.4. The topological polar surface area (TPSA) is 129 Å². The number of halogens is 1. The van der Waals surface area contributed by atoms with Gasteiger partial charge >= 0.3 is 6.09 Å². The molecule has 5 heterocycles. The molecule has 14 heteroatoms. The number of nitrogens with zero attached hydrogens (tertiary/aromatic N) is 6. The van der Waals surface area contributed by atoms with E-state index >= 15 is 0 Å². The van der Waals surface area contributed by atoms with Crippen LogP contribution >= 0.6 is 11.6 Å². The Labute approximate surface area is 262 Å². The second-order valence-electron chi connectivity index (χ2n) is 13.2. The fourth-order valence-electron chi connectivity index (χ4n) is 6.39. The normalized spacial score (nSPS) is 20.0. The summed E-state index contributed by atoms with van der Waals surface area (Å²) >= 11 is 6.23. The average Bonchev–Trinajstić information content (AvgIpc) is 3.29. The molecule has 1 atom stereocenters. The van der Waals surface area contributed by atoms with Crippen molar-refractivity contribution in [2.24, 2.45) is 0 Å². The maximum absolute atomic E-state index is 13.9. The van der Waals surface area contributed by atoms with Crippen molar-refractivity contribution in [2.45, 2.75) is 70.6 Å². The van der Waals surface area contributed by atoms with Crippen molar-refractivity contribution in [3.05, 3.63) is 52.3 Å². The van der Waals surface area contributed by atoms with Crippen LogP contribution < -0.4 is 9.62 Å². The van der Waals surface area contributed by atoms with Crippen LogP contribution in [-0.4, -0.2) is 88.4 Å². The number of hydrogen-bond donors (Lipinski definition) is 1. The summed E-state index contributed by atoms with van der Waals surface area (Å²) in [6.07, 6.45) is 6.15. The molecular formula is C30H38ClN7O5S. The Morgan fingerprint density at radius 3 is 2.55 bits per heavy atom. The minimum absolute atomic E-state index is 0.142. The van der Waals surface area contributed by atoms with Crippen LogP contribution in [0.4, 0.5) is 16.3 Å². The van der Waals surface area contributed by atoms with Gasteiger partial charge in [-0.25, -0.2) is 22.7 Å². The lowest BCUT2D eigenvalue weighted by atomic mass is 9.77. The van der Waals surface area contributed by atoms with E-state index < -0.39 is 15.6 Å². The van der Waals surface area contributed by atoms with E-state index in [1.165, 1.54) is 12.1 Å². The van der Waals surface area contributed by atoms with E-state index in [9.17, 15) is 18.0 Å². The highest BCUT2D eigenvalue weighted by Crippen LogP contribution is 2.43. The number of anilines is 2. The van der Waals surface area contributed by atoms with Crippen LogP contribution in [0.15, 0.2) is 30.5 Å². The Balaban J connectivity index is 1.25. The zero-order valence-corrected chi connectivity index (χ0v) is 27.2. The fraction of sp³-hybridized carbons (Fsp3) is 0.533. The molecule has 3 aliphatic heterocycles. The quantitative estimate of drug-likeness (QED) is 0.426. The van der Waals surface area contributed by atoms with Crippen LogP contribution in [0.25, 0.3) is 5.65 Å². The Morgan fingerprint density at radius 1 is 1.14 bits per heavy atom. The van der Waals surface area contributed by atoms with Gasteiger partial charge in [-0.1, -0.05) is 11.6 Å². The van der Waals surface area contributed by atoms with Crippen molar-refractivity contribution in [1.82, 2.24) is 24.4 Å². The van der Waals surface area contributed by atoms with Gasteiger partial charge in [0.1, 0.15) is 11.4 Å². The van der Waals surface area contributed by atoms with Gasteiger partial charge in [0.15, 0.2) is 5.65 Å². The van der Waals surface area contributed by atoms with Gasteiger partial charge in [-0.2, -0.15) is 5.10 Å². The summed E-state index contributed by atoms with van der Waals surface area (Å²) < 4.78 is 33.7. The molecule has 0 saturated carbocycles. The first-order valence-electron chi connectivity index (χ1n) is 14.8.